The molecule has 0 aliphatic carbocycles. The molecular weight excluding hydrogens is 374 g/mol. The van der Waals surface area contributed by atoms with Gasteiger partial charge in [0, 0.05) is 19.0 Å². The highest BCUT2D eigenvalue weighted by Gasteiger charge is 2.11. The Kier molecular flexibility index (Phi) is 6.56. The molecule has 3 heterocycles. The highest BCUT2D eigenvalue weighted by molar-refractivity contribution is 5.85. The van der Waals surface area contributed by atoms with Gasteiger partial charge in [0.05, 0.1) is 6.20 Å². The molecule has 0 aliphatic heterocycles. The van der Waals surface area contributed by atoms with Crippen molar-refractivity contribution in [1.82, 2.24) is 25.3 Å². The number of aryl methyl sites for hydroxylation is 4. The van der Waals surface area contributed by atoms with Crippen molar-refractivity contribution in [2.24, 2.45) is 9.98 Å². The summed E-state index contributed by atoms with van der Waals surface area (Å²) in [5.74, 6) is 2.55. The van der Waals surface area contributed by atoms with Crippen LogP contribution in [0.4, 0.5) is 0 Å². The molecule has 0 aromatic carbocycles. The Balaban J connectivity index is 1.69. The van der Waals surface area contributed by atoms with E-state index in [9.17, 15) is 0 Å². The first-order chi connectivity index (χ1) is 14.1. The molecule has 29 heavy (non-hydrogen) atoms. The van der Waals surface area contributed by atoms with Crippen molar-refractivity contribution < 1.29 is 13.8 Å². The molecule has 0 atom stereocenters. The lowest BCUT2D eigenvalue weighted by Gasteiger charge is -2.06. The van der Waals surface area contributed by atoms with Gasteiger partial charge in [-0.3, -0.25) is 4.98 Å². The maximum absolute atomic E-state index is 5.71. The fourth-order valence-electron chi connectivity index (χ4n) is 2.38. The first-order valence-electron chi connectivity index (χ1n) is 9.07. The normalized spacial score (nSPS) is 12.2. The van der Waals surface area contributed by atoms with Gasteiger partial charge in [-0.2, -0.15) is 15.0 Å². The lowest BCUT2D eigenvalue weighted by atomic mass is 10.1. The van der Waals surface area contributed by atoms with Crippen LogP contribution in [-0.4, -0.2) is 38.0 Å². The Labute approximate surface area is 167 Å². The van der Waals surface area contributed by atoms with Crippen LogP contribution in [0.2, 0.25) is 0 Å². The summed E-state index contributed by atoms with van der Waals surface area (Å²) in [6.07, 6.45) is 7.05. The quantitative estimate of drug-likeness (QED) is 0.441. The zero-order valence-electron chi connectivity index (χ0n) is 16.5. The van der Waals surface area contributed by atoms with Crippen LogP contribution in [0.1, 0.15) is 42.8 Å². The van der Waals surface area contributed by atoms with Gasteiger partial charge in [-0.05, 0) is 38.6 Å². The predicted molar refractivity (Wildman–Crippen MR) is 106 cm³/mol. The number of nitrogens with zero attached hydrogens (tertiary/aromatic N) is 7. The molecule has 10 heteroatoms. The van der Waals surface area contributed by atoms with Gasteiger partial charge >= 0.3 is 6.02 Å². The minimum absolute atomic E-state index is 0.0393. The molecule has 0 unspecified atom stereocenters. The molecule has 0 saturated heterocycles. The molecule has 3 aromatic heterocycles. The minimum Gasteiger partial charge on any atom is -0.423 e. The number of rotatable bonds is 7. The van der Waals surface area contributed by atoms with Crippen molar-refractivity contribution in [3.8, 4) is 5.75 Å². The minimum atomic E-state index is 0.0393. The highest BCUT2D eigenvalue weighted by atomic mass is 16.5. The number of ether oxygens (including phenoxy) is 1. The number of aromatic nitrogens is 5. The zero-order valence-corrected chi connectivity index (χ0v) is 16.5. The summed E-state index contributed by atoms with van der Waals surface area (Å²) >= 11 is 0. The molecule has 0 amide bonds. The summed E-state index contributed by atoms with van der Waals surface area (Å²) < 4.78 is 16.1. The lowest BCUT2D eigenvalue weighted by molar-refractivity contribution is 0.373. The second-order valence-electron chi connectivity index (χ2n) is 5.96. The van der Waals surface area contributed by atoms with Gasteiger partial charge in [0.1, 0.15) is 11.4 Å². The van der Waals surface area contributed by atoms with Gasteiger partial charge in [0.25, 0.3) is 5.89 Å². The zero-order chi connectivity index (χ0) is 20.6. The number of amidine groups is 1. The molecule has 3 rings (SSSR count). The molecule has 10 nitrogen and oxygen atoms in total. The van der Waals surface area contributed by atoms with Crippen LogP contribution in [0.3, 0.4) is 0 Å². The van der Waals surface area contributed by atoms with Crippen molar-refractivity contribution in [2.45, 2.75) is 40.0 Å². The van der Waals surface area contributed by atoms with E-state index < -0.39 is 0 Å². The average molecular weight is 395 g/mol. The number of hydrogen-bond acceptors (Lipinski definition) is 9. The topological polar surface area (TPSA) is 125 Å². The Hall–Kier alpha value is -3.69. The maximum atomic E-state index is 5.71. The lowest BCUT2D eigenvalue weighted by Crippen LogP contribution is -2.06. The summed E-state index contributed by atoms with van der Waals surface area (Å²) in [5, 5.41) is 7.65. The number of pyridine rings is 1. The smallest absolute Gasteiger partial charge is 0.322 e. The monoisotopic (exact) mass is 395 g/mol. The maximum Gasteiger partial charge on any atom is 0.322 e. The van der Waals surface area contributed by atoms with E-state index in [-0.39, 0.29) is 11.9 Å². The summed E-state index contributed by atoms with van der Waals surface area (Å²) in [4.78, 5) is 20.8. The molecule has 0 saturated carbocycles. The van der Waals surface area contributed by atoms with Gasteiger partial charge in [0.2, 0.25) is 5.89 Å². The first-order valence-corrected chi connectivity index (χ1v) is 9.07. The molecule has 150 valence electrons. The van der Waals surface area contributed by atoms with Crippen molar-refractivity contribution in [3.63, 3.8) is 0 Å². The van der Waals surface area contributed by atoms with Crippen molar-refractivity contribution in [3.05, 3.63) is 53.5 Å². The van der Waals surface area contributed by atoms with E-state index in [4.69, 9.17) is 13.8 Å². The van der Waals surface area contributed by atoms with E-state index in [2.05, 4.69) is 42.0 Å². The van der Waals surface area contributed by atoms with E-state index >= 15 is 0 Å². The molecule has 0 N–H and O–H groups in total. The number of aliphatic imine (C=N–C) groups is 2. The summed E-state index contributed by atoms with van der Waals surface area (Å²) in [5.41, 5.74) is 1.38. The second-order valence-corrected chi connectivity index (χ2v) is 5.96. The van der Waals surface area contributed by atoms with Crippen molar-refractivity contribution in [1.29, 1.82) is 0 Å². The van der Waals surface area contributed by atoms with Crippen LogP contribution in [0.5, 0.6) is 5.75 Å². The molecule has 0 aliphatic rings. The second kappa shape index (κ2) is 9.49. The summed E-state index contributed by atoms with van der Waals surface area (Å²) in [6, 6.07) is 1.88. The average Bonchev–Trinajstić information content (AvgIpc) is 3.38. The first kappa shape index (κ1) is 20.1. The summed E-state index contributed by atoms with van der Waals surface area (Å²) in [6.45, 7) is 9.00. The van der Waals surface area contributed by atoms with E-state index in [0.717, 1.165) is 12.0 Å². The standard InChI is InChI=1S/C19H21N7O3/c1-5-15(18-22-12(3)25-29-18)23-19(20-4)27-14-9-13(10-21-11-14)7-8-17-24-16(6-2)26-28-17/h5,9-11H,4,6-8H2,1-3H3/b15-5-,23-19?. The Morgan fingerprint density at radius 2 is 2.07 bits per heavy atom. The fraction of sp³-hybridized carbons (Fsp3) is 0.316. The van der Waals surface area contributed by atoms with E-state index in [0.29, 0.717) is 41.8 Å². The molecule has 3 aromatic rings. The van der Waals surface area contributed by atoms with Gasteiger partial charge in [0.15, 0.2) is 11.6 Å². The van der Waals surface area contributed by atoms with E-state index in [1.165, 1.54) is 0 Å². The number of allylic oxidation sites excluding steroid dienone is 1. The molecule has 0 fully saturated rings. The van der Waals surface area contributed by atoms with Gasteiger partial charge in [-0.15, -0.1) is 0 Å². The van der Waals surface area contributed by atoms with E-state index in [1.54, 1.807) is 32.3 Å². The van der Waals surface area contributed by atoms with Crippen LogP contribution in [0.15, 0.2) is 43.6 Å². The van der Waals surface area contributed by atoms with Crippen LogP contribution in [0, 0.1) is 6.92 Å². The predicted octanol–water partition coefficient (Wildman–Crippen LogP) is 3.00. The molecular formula is C19H21N7O3. The summed E-state index contributed by atoms with van der Waals surface area (Å²) in [7, 11) is 0. The largest absolute Gasteiger partial charge is 0.423 e. The molecule has 0 bridgehead atoms. The molecule has 0 spiro atoms. The third-order valence-electron chi connectivity index (χ3n) is 3.80. The van der Waals surface area contributed by atoms with Crippen LogP contribution in [-0.2, 0) is 19.3 Å². The highest BCUT2D eigenvalue weighted by Crippen LogP contribution is 2.17. The van der Waals surface area contributed by atoms with Crippen LogP contribution < -0.4 is 4.74 Å². The van der Waals surface area contributed by atoms with Crippen molar-refractivity contribution >= 4 is 18.4 Å². The third kappa shape index (κ3) is 5.41. The number of hydrogen-bond donors (Lipinski definition) is 0. The Bertz CT molecular complexity index is 1040. The SMILES string of the molecule is C=NC(=N/C(=C\C)c1nc(C)no1)Oc1cncc(CCc2nc(CC)no2)c1. The van der Waals surface area contributed by atoms with Crippen LogP contribution in [0.25, 0.3) is 5.70 Å². The van der Waals surface area contributed by atoms with Crippen molar-refractivity contribution in [2.75, 3.05) is 0 Å². The van der Waals surface area contributed by atoms with Gasteiger partial charge in [-0.25, -0.2) is 4.99 Å². The molecule has 0 radical (unpaired) electrons. The van der Waals surface area contributed by atoms with E-state index in [1.807, 2.05) is 13.0 Å². The van der Waals surface area contributed by atoms with Gasteiger partial charge < -0.3 is 13.8 Å². The van der Waals surface area contributed by atoms with Gasteiger partial charge in [-0.1, -0.05) is 23.3 Å². The Morgan fingerprint density at radius 3 is 2.72 bits per heavy atom. The Morgan fingerprint density at radius 1 is 1.21 bits per heavy atom. The van der Waals surface area contributed by atoms with Crippen LogP contribution >= 0.6 is 0 Å². The third-order valence-corrected chi connectivity index (χ3v) is 3.80. The fourth-order valence-corrected chi connectivity index (χ4v) is 2.38.